The number of carbonyl (C=O) groups is 4. The van der Waals surface area contributed by atoms with Crippen molar-refractivity contribution in [3.8, 4) is 11.8 Å². The molecule has 10 nitrogen and oxygen atoms in total. The Morgan fingerprint density at radius 3 is 2.41 bits per heavy atom. The van der Waals surface area contributed by atoms with Gasteiger partial charge < -0.3 is 0 Å². The maximum absolute atomic E-state index is 12.9. The summed E-state index contributed by atoms with van der Waals surface area (Å²) in [6, 6.07) is 3.48. The number of amides is 4. The number of fused-ring (bicyclic) bond motifs is 2. The second kappa shape index (κ2) is 8.61. The molecule has 1 saturated carbocycles. The fourth-order valence-corrected chi connectivity index (χ4v) is 6.51. The Bertz CT molecular complexity index is 1250. The van der Waals surface area contributed by atoms with Gasteiger partial charge in [-0.15, -0.1) is 0 Å². The standard InChI is InChI=1S/C23H24N4O6S/c28-20-9-8-19(21(29)25-20)27-22(30)17-7-6-14(11-18(17)23(27)31)3-2-10-24-34(32,33)26-12-15-4-1-5-16(15)13-26/h6-7,11,15-16,19,24H,1,4-5,8-10,12-13H2,(H,25,28,29)/t15-,16+,19?. The molecule has 1 unspecified atom stereocenters. The smallest absolute Gasteiger partial charge is 0.280 e. The molecular formula is C23H24N4O6S. The molecule has 178 valence electrons. The summed E-state index contributed by atoms with van der Waals surface area (Å²) in [5.41, 5.74) is 0.742. The van der Waals surface area contributed by atoms with Crippen LogP contribution < -0.4 is 10.0 Å². The highest BCUT2D eigenvalue weighted by Gasteiger charge is 2.44. The van der Waals surface area contributed by atoms with E-state index in [1.54, 1.807) is 6.07 Å². The fourth-order valence-electron chi connectivity index (χ4n) is 5.30. The Kier molecular flexibility index (Phi) is 5.75. The third kappa shape index (κ3) is 4.02. The number of nitrogens with zero attached hydrogens (tertiary/aromatic N) is 2. The summed E-state index contributed by atoms with van der Waals surface area (Å²) in [5.74, 6) is 4.19. The molecule has 1 aromatic carbocycles. The number of piperidine rings is 1. The van der Waals surface area contributed by atoms with Crippen LogP contribution in [0.5, 0.6) is 0 Å². The molecule has 2 saturated heterocycles. The minimum absolute atomic E-state index is 0.0508. The summed E-state index contributed by atoms with van der Waals surface area (Å²) in [7, 11) is -3.60. The van der Waals surface area contributed by atoms with Crippen molar-refractivity contribution >= 4 is 33.8 Å². The predicted octanol–water partition coefficient (Wildman–Crippen LogP) is 0.00560. The van der Waals surface area contributed by atoms with Crippen LogP contribution in [0.3, 0.4) is 0 Å². The second-order valence-corrected chi connectivity index (χ2v) is 10.9. The maximum atomic E-state index is 12.9. The SMILES string of the molecule is O=C1CCC(N2C(=O)c3ccc(C#CCNS(=O)(=O)N4C[C@H]5CCC[C@H]5C4)cc3C2=O)C(=O)N1. The van der Waals surface area contributed by atoms with Crippen molar-refractivity contribution in [3.63, 3.8) is 0 Å². The van der Waals surface area contributed by atoms with Gasteiger partial charge in [-0.3, -0.25) is 29.4 Å². The number of hydrogen-bond acceptors (Lipinski definition) is 6. The molecule has 3 heterocycles. The van der Waals surface area contributed by atoms with E-state index < -0.39 is 39.9 Å². The van der Waals surface area contributed by atoms with E-state index in [2.05, 4.69) is 21.9 Å². The molecule has 0 bridgehead atoms. The molecular weight excluding hydrogens is 460 g/mol. The van der Waals surface area contributed by atoms with E-state index >= 15 is 0 Å². The van der Waals surface area contributed by atoms with E-state index in [1.807, 2.05) is 0 Å². The molecule has 4 aliphatic rings. The van der Waals surface area contributed by atoms with E-state index in [4.69, 9.17) is 0 Å². The van der Waals surface area contributed by atoms with Gasteiger partial charge in [-0.1, -0.05) is 18.3 Å². The lowest BCUT2D eigenvalue weighted by Crippen LogP contribution is -2.54. The molecule has 1 aliphatic carbocycles. The monoisotopic (exact) mass is 484 g/mol. The van der Waals surface area contributed by atoms with Gasteiger partial charge in [-0.05, 0) is 49.3 Å². The highest BCUT2D eigenvalue weighted by atomic mass is 32.2. The minimum atomic E-state index is -3.60. The van der Waals surface area contributed by atoms with Crippen LogP contribution in [-0.2, 0) is 19.8 Å². The average molecular weight is 485 g/mol. The number of hydrogen-bond donors (Lipinski definition) is 2. The molecule has 3 atom stereocenters. The quantitative estimate of drug-likeness (QED) is 0.457. The zero-order valence-electron chi connectivity index (χ0n) is 18.4. The molecule has 34 heavy (non-hydrogen) atoms. The molecule has 0 radical (unpaired) electrons. The van der Waals surface area contributed by atoms with E-state index in [0.717, 1.165) is 17.7 Å². The molecule has 3 fully saturated rings. The van der Waals surface area contributed by atoms with Gasteiger partial charge in [0.1, 0.15) is 6.04 Å². The first kappa shape index (κ1) is 22.7. The lowest BCUT2D eigenvalue weighted by Gasteiger charge is -2.27. The van der Waals surface area contributed by atoms with Crippen LogP contribution in [0.1, 0.15) is 58.4 Å². The van der Waals surface area contributed by atoms with Gasteiger partial charge in [-0.2, -0.15) is 17.4 Å². The van der Waals surface area contributed by atoms with Crippen molar-refractivity contribution < 1.29 is 27.6 Å². The van der Waals surface area contributed by atoms with Crippen LogP contribution in [0, 0.1) is 23.7 Å². The Morgan fingerprint density at radius 2 is 1.71 bits per heavy atom. The Balaban J connectivity index is 1.24. The van der Waals surface area contributed by atoms with Crippen molar-refractivity contribution in [1.82, 2.24) is 19.2 Å². The van der Waals surface area contributed by atoms with E-state index in [0.29, 0.717) is 30.5 Å². The van der Waals surface area contributed by atoms with Crippen LogP contribution in [0.2, 0.25) is 0 Å². The number of nitrogens with one attached hydrogen (secondary N) is 2. The highest BCUT2D eigenvalue weighted by Crippen LogP contribution is 2.38. The number of benzene rings is 1. The molecule has 11 heteroatoms. The van der Waals surface area contributed by atoms with Crippen LogP contribution >= 0.6 is 0 Å². The summed E-state index contributed by atoms with van der Waals surface area (Å²) < 4.78 is 29.1. The number of imide groups is 2. The molecule has 4 amide bonds. The summed E-state index contributed by atoms with van der Waals surface area (Å²) in [6.07, 6.45) is 3.47. The Hall–Kier alpha value is -3.07. The zero-order valence-corrected chi connectivity index (χ0v) is 19.2. The van der Waals surface area contributed by atoms with Crippen molar-refractivity contribution in [1.29, 1.82) is 0 Å². The molecule has 2 N–H and O–H groups in total. The summed E-state index contributed by atoms with van der Waals surface area (Å²) in [5, 5.41) is 2.16. The third-order valence-corrected chi connectivity index (χ3v) is 8.54. The average Bonchev–Trinajstić information content (AvgIpc) is 3.46. The van der Waals surface area contributed by atoms with Crippen molar-refractivity contribution in [2.24, 2.45) is 11.8 Å². The van der Waals surface area contributed by atoms with Crippen molar-refractivity contribution in [3.05, 3.63) is 34.9 Å². The first-order valence-corrected chi connectivity index (χ1v) is 12.8. The van der Waals surface area contributed by atoms with Crippen LogP contribution in [-0.4, -0.2) is 66.9 Å². The highest BCUT2D eigenvalue weighted by molar-refractivity contribution is 7.87. The van der Waals surface area contributed by atoms with Crippen molar-refractivity contribution in [2.75, 3.05) is 19.6 Å². The first-order chi connectivity index (χ1) is 16.2. The molecule has 0 spiro atoms. The van der Waals surface area contributed by atoms with Gasteiger partial charge in [0.05, 0.1) is 17.7 Å². The number of carbonyl (C=O) groups excluding carboxylic acids is 4. The minimum Gasteiger partial charge on any atom is -0.295 e. The Morgan fingerprint density at radius 1 is 1.00 bits per heavy atom. The number of rotatable bonds is 4. The van der Waals surface area contributed by atoms with Gasteiger partial charge >= 0.3 is 0 Å². The normalized spacial score (nSPS) is 26.8. The van der Waals surface area contributed by atoms with Gasteiger partial charge in [0.25, 0.3) is 22.0 Å². The second-order valence-electron chi connectivity index (χ2n) is 9.10. The zero-order chi connectivity index (χ0) is 24.0. The topological polar surface area (TPSA) is 133 Å². The molecule has 3 aliphatic heterocycles. The summed E-state index contributed by atoms with van der Waals surface area (Å²) >= 11 is 0. The van der Waals surface area contributed by atoms with Gasteiger partial charge in [0, 0.05) is 25.1 Å². The van der Waals surface area contributed by atoms with Crippen LogP contribution in [0.4, 0.5) is 0 Å². The maximum Gasteiger partial charge on any atom is 0.280 e. The lowest BCUT2D eigenvalue weighted by atomic mass is 10.0. The van der Waals surface area contributed by atoms with Gasteiger partial charge in [-0.25, -0.2) is 0 Å². The van der Waals surface area contributed by atoms with E-state index in [1.165, 1.54) is 22.9 Å². The van der Waals surface area contributed by atoms with E-state index in [9.17, 15) is 27.6 Å². The molecule has 0 aromatic heterocycles. The third-order valence-electron chi connectivity index (χ3n) is 7.05. The van der Waals surface area contributed by atoms with Crippen LogP contribution in [0.15, 0.2) is 18.2 Å². The molecule has 1 aromatic rings. The largest absolute Gasteiger partial charge is 0.295 e. The Labute approximate surface area is 197 Å². The molecule has 5 rings (SSSR count). The lowest BCUT2D eigenvalue weighted by molar-refractivity contribution is -0.136. The van der Waals surface area contributed by atoms with Crippen molar-refractivity contribution in [2.45, 2.75) is 38.1 Å². The van der Waals surface area contributed by atoms with Gasteiger partial charge in [0.15, 0.2) is 0 Å². The van der Waals surface area contributed by atoms with Crippen LogP contribution in [0.25, 0.3) is 0 Å². The first-order valence-electron chi connectivity index (χ1n) is 11.3. The van der Waals surface area contributed by atoms with E-state index in [-0.39, 0.29) is 30.5 Å². The van der Waals surface area contributed by atoms with Gasteiger partial charge in [0.2, 0.25) is 11.8 Å². The predicted molar refractivity (Wildman–Crippen MR) is 119 cm³/mol. The summed E-state index contributed by atoms with van der Waals surface area (Å²) in [6.45, 7) is 1.02. The fraction of sp³-hybridized carbons (Fsp3) is 0.478. The summed E-state index contributed by atoms with van der Waals surface area (Å²) in [4.78, 5) is 50.0.